The summed E-state index contributed by atoms with van der Waals surface area (Å²) in [4.78, 5) is 11.8. The number of H-pyrrole nitrogens is 1. The zero-order chi connectivity index (χ0) is 16.8. The van der Waals surface area contributed by atoms with Gasteiger partial charge >= 0.3 is 5.97 Å². The van der Waals surface area contributed by atoms with Crippen molar-refractivity contribution >= 4 is 5.97 Å². The van der Waals surface area contributed by atoms with E-state index in [4.69, 9.17) is 14.2 Å². The van der Waals surface area contributed by atoms with E-state index in [-0.39, 0.29) is 18.2 Å². The molecule has 1 fully saturated rings. The number of carbonyl (C=O) groups is 1. The van der Waals surface area contributed by atoms with Crippen LogP contribution in [0.4, 0.5) is 0 Å². The minimum absolute atomic E-state index is 0.0846. The van der Waals surface area contributed by atoms with E-state index in [1.54, 1.807) is 19.1 Å². The lowest BCUT2D eigenvalue weighted by Crippen LogP contribution is -2.08. The van der Waals surface area contributed by atoms with E-state index in [0.717, 1.165) is 12.4 Å². The molecule has 0 atom stereocenters. The van der Waals surface area contributed by atoms with Crippen LogP contribution in [-0.2, 0) is 4.74 Å². The highest BCUT2D eigenvalue weighted by atomic mass is 16.5. The number of esters is 1. The van der Waals surface area contributed by atoms with Gasteiger partial charge in [0.05, 0.1) is 13.2 Å². The largest absolute Gasteiger partial charge is 0.493 e. The van der Waals surface area contributed by atoms with Crippen molar-refractivity contribution < 1.29 is 19.0 Å². The number of hydrogen-bond donors (Lipinski definition) is 1. The highest BCUT2D eigenvalue weighted by Crippen LogP contribution is 2.28. The second-order valence-corrected chi connectivity index (χ2v) is 5.75. The highest BCUT2D eigenvalue weighted by molar-refractivity contribution is 5.89. The average molecular weight is 331 g/mol. The molecule has 24 heavy (non-hydrogen) atoms. The second-order valence-electron chi connectivity index (χ2n) is 5.75. The molecule has 1 aliphatic rings. The number of hydrogen-bond acceptors (Lipinski definition) is 6. The first kappa shape index (κ1) is 16.3. The Hall–Kier alpha value is -2.57. The molecular formula is C17H21N3O4. The number of nitrogens with one attached hydrogen (secondary N) is 1. The van der Waals surface area contributed by atoms with E-state index in [1.165, 1.54) is 25.7 Å². The molecule has 3 rings (SSSR count). The Bertz CT molecular complexity index is 680. The lowest BCUT2D eigenvalue weighted by Gasteiger charge is -2.12. The van der Waals surface area contributed by atoms with Crippen LogP contribution in [0.3, 0.4) is 0 Å². The summed E-state index contributed by atoms with van der Waals surface area (Å²) >= 11 is 0. The first-order chi connectivity index (χ1) is 11.8. The van der Waals surface area contributed by atoms with Crippen LogP contribution in [0.15, 0.2) is 24.3 Å². The van der Waals surface area contributed by atoms with Gasteiger partial charge in [-0.3, -0.25) is 0 Å². The monoisotopic (exact) mass is 331 g/mol. The Balaban J connectivity index is 1.64. The van der Waals surface area contributed by atoms with Gasteiger partial charge < -0.3 is 14.2 Å². The SMILES string of the molecule is CCOC(=O)c1[nH]nnc1Oc1cccc(OCC2CCCC2)c1. The van der Waals surface area contributed by atoms with Crippen LogP contribution in [0.25, 0.3) is 0 Å². The van der Waals surface area contributed by atoms with Gasteiger partial charge in [0.15, 0.2) is 0 Å². The fourth-order valence-corrected chi connectivity index (χ4v) is 2.76. The van der Waals surface area contributed by atoms with Crippen LogP contribution < -0.4 is 9.47 Å². The molecule has 0 amide bonds. The van der Waals surface area contributed by atoms with Crippen molar-refractivity contribution in [2.75, 3.05) is 13.2 Å². The standard InChI is InChI=1S/C17H21N3O4/c1-2-22-17(21)15-16(19-20-18-15)24-14-9-5-8-13(10-14)23-11-12-6-3-4-7-12/h5,8-10,12H,2-4,6-7,11H2,1H3,(H,18,19,20). The third-order valence-electron chi connectivity index (χ3n) is 3.98. The summed E-state index contributed by atoms with van der Waals surface area (Å²) in [5, 5.41) is 9.88. The quantitative estimate of drug-likeness (QED) is 0.783. The minimum Gasteiger partial charge on any atom is -0.493 e. The molecule has 0 unspecified atom stereocenters. The second kappa shape index (κ2) is 7.81. The molecule has 1 aromatic heterocycles. The molecule has 0 spiro atoms. The lowest BCUT2D eigenvalue weighted by atomic mass is 10.1. The number of aromatic nitrogens is 3. The number of carbonyl (C=O) groups excluding carboxylic acids is 1. The van der Waals surface area contributed by atoms with Crippen LogP contribution in [0.1, 0.15) is 43.1 Å². The predicted molar refractivity (Wildman–Crippen MR) is 86.3 cm³/mol. The number of rotatable bonds is 7. The molecule has 0 bridgehead atoms. The van der Waals surface area contributed by atoms with Gasteiger partial charge in [0, 0.05) is 6.07 Å². The minimum atomic E-state index is -0.550. The summed E-state index contributed by atoms with van der Waals surface area (Å²) in [6, 6.07) is 7.27. The molecular weight excluding hydrogens is 310 g/mol. The molecule has 7 heteroatoms. The third-order valence-corrected chi connectivity index (χ3v) is 3.98. The molecule has 128 valence electrons. The summed E-state index contributed by atoms with van der Waals surface area (Å²) < 4.78 is 16.4. The van der Waals surface area contributed by atoms with Crippen molar-refractivity contribution in [3.05, 3.63) is 30.0 Å². The van der Waals surface area contributed by atoms with Crippen LogP contribution in [0.5, 0.6) is 17.4 Å². The predicted octanol–water partition coefficient (Wildman–Crippen LogP) is 3.34. The van der Waals surface area contributed by atoms with Crippen molar-refractivity contribution in [1.82, 2.24) is 15.4 Å². The van der Waals surface area contributed by atoms with Crippen molar-refractivity contribution in [2.24, 2.45) is 5.92 Å². The fraction of sp³-hybridized carbons (Fsp3) is 0.471. The van der Waals surface area contributed by atoms with Gasteiger partial charge in [-0.05, 0) is 37.8 Å². The zero-order valence-corrected chi connectivity index (χ0v) is 13.7. The smallest absolute Gasteiger partial charge is 0.362 e. The summed E-state index contributed by atoms with van der Waals surface area (Å²) in [5.74, 6) is 1.44. The Kier molecular flexibility index (Phi) is 5.30. The van der Waals surface area contributed by atoms with Gasteiger partial charge in [0.1, 0.15) is 11.5 Å². The van der Waals surface area contributed by atoms with Crippen LogP contribution in [-0.4, -0.2) is 34.6 Å². The van der Waals surface area contributed by atoms with Gasteiger partial charge in [-0.2, -0.15) is 0 Å². The van der Waals surface area contributed by atoms with Crippen LogP contribution >= 0.6 is 0 Å². The molecule has 1 heterocycles. The van der Waals surface area contributed by atoms with Gasteiger partial charge in [0.25, 0.3) is 5.88 Å². The first-order valence-electron chi connectivity index (χ1n) is 8.25. The molecule has 1 saturated carbocycles. The number of nitrogens with zero attached hydrogens (tertiary/aromatic N) is 2. The normalized spacial score (nSPS) is 14.5. The van der Waals surface area contributed by atoms with Crippen molar-refractivity contribution in [3.8, 4) is 17.4 Å². The van der Waals surface area contributed by atoms with E-state index >= 15 is 0 Å². The van der Waals surface area contributed by atoms with Crippen molar-refractivity contribution in [2.45, 2.75) is 32.6 Å². The molecule has 1 aliphatic carbocycles. The third kappa shape index (κ3) is 4.04. The van der Waals surface area contributed by atoms with E-state index in [1.807, 2.05) is 12.1 Å². The average Bonchev–Trinajstić information content (AvgIpc) is 3.25. The number of benzene rings is 1. The molecule has 1 aromatic carbocycles. The Labute approximate surface area is 140 Å². The Morgan fingerprint density at radius 1 is 1.29 bits per heavy atom. The lowest BCUT2D eigenvalue weighted by molar-refractivity contribution is 0.0516. The van der Waals surface area contributed by atoms with E-state index in [2.05, 4.69) is 15.4 Å². The van der Waals surface area contributed by atoms with Crippen LogP contribution in [0, 0.1) is 5.92 Å². The number of aromatic amines is 1. The molecule has 7 nitrogen and oxygen atoms in total. The van der Waals surface area contributed by atoms with Gasteiger partial charge in [-0.15, -0.1) is 0 Å². The maximum atomic E-state index is 11.8. The van der Waals surface area contributed by atoms with Crippen LogP contribution in [0.2, 0.25) is 0 Å². The first-order valence-corrected chi connectivity index (χ1v) is 8.25. The topological polar surface area (TPSA) is 86.3 Å². The Morgan fingerprint density at radius 3 is 2.88 bits per heavy atom. The molecule has 0 aliphatic heterocycles. The number of ether oxygens (including phenoxy) is 3. The maximum Gasteiger partial charge on any atom is 0.362 e. The summed E-state index contributed by atoms with van der Waals surface area (Å²) in [6.07, 6.45) is 5.05. The van der Waals surface area contributed by atoms with Gasteiger partial charge in [0.2, 0.25) is 5.69 Å². The van der Waals surface area contributed by atoms with Gasteiger partial charge in [-0.1, -0.05) is 29.2 Å². The molecule has 1 N–H and O–H groups in total. The van der Waals surface area contributed by atoms with E-state index in [9.17, 15) is 4.79 Å². The fourth-order valence-electron chi connectivity index (χ4n) is 2.76. The summed E-state index contributed by atoms with van der Waals surface area (Å²) in [7, 11) is 0. The zero-order valence-electron chi connectivity index (χ0n) is 13.7. The summed E-state index contributed by atoms with van der Waals surface area (Å²) in [6.45, 7) is 2.72. The molecule has 2 aromatic rings. The maximum absolute atomic E-state index is 11.8. The Morgan fingerprint density at radius 2 is 2.08 bits per heavy atom. The molecule has 0 radical (unpaired) electrons. The highest BCUT2D eigenvalue weighted by Gasteiger charge is 2.19. The molecule has 0 saturated heterocycles. The van der Waals surface area contributed by atoms with E-state index in [0.29, 0.717) is 11.7 Å². The van der Waals surface area contributed by atoms with Gasteiger partial charge in [-0.25, -0.2) is 9.89 Å². The van der Waals surface area contributed by atoms with E-state index < -0.39 is 5.97 Å². The van der Waals surface area contributed by atoms with Crippen molar-refractivity contribution in [3.63, 3.8) is 0 Å². The summed E-state index contributed by atoms with van der Waals surface area (Å²) in [5.41, 5.74) is 0.0918. The van der Waals surface area contributed by atoms with Crippen molar-refractivity contribution in [1.29, 1.82) is 0 Å².